The Morgan fingerprint density at radius 1 is 1.38 bits per heavy atom. The van der Waals surface area contributed by atoms with Crippen LogP contribution < -0.4 is 5.32 Å². The number of benzene rings is 1. The van der Waals surface area contributed by atoms with Crippen molar-refractivity contribution in [3.05, 3.63) is 47.3 Å². The molecule has 21 heavy (non-hydrogen) atoms. The van der Waals surface area contributed by atoms with E-state index in [2.05, 4.69) is 10.4 Å². The molecule has 1 heterocycles. The maximum Gasteiger partial charge on any atom is 0.273 e. The van der Waals surface area contributed by atoms with Crippen molar-refractivity contribution >= 4 is 23.2 Å². The van der Waals surface area contributed by atoms with Crippen molar-refractivity contribution in [3.8, 4) is 0 Å². The summed E-state index contributed by atoms with van der Waals surface area (Å²) < 4.78 is 1.71. The van der Waals surface area contributed by atoms with E-state index in [9.17, 15) is 4.79 Å². The first kappa shape index (κ1) is 15.6. The minimum Gasteiger partial charge on any atom is -0.321 e. The van der Waals surface area contributed by atoms with Crippen molar-refractivity contribution in [1.82, 2.24) is 9.78 Å². The number of hydrogen-bond donors (Lipinski definition) is 1. The number of hydrogen-bond acceptors (Lipinski definition) is 2. The topological polar surface area (TPSA) is 46.9 Å². The SMILES string of the molecule is CCn1nc(C)cc1C(=O)Nc1cccc(CCCCl)c1. The third kappa shape index (κ3) is 4.08. The Balaban J connectivity index is 2.11. The zero-order chi connectivity index (χ0) is 15.2. The molecule has 5 heteroatoms. The Kier molecular flexibility index (Phi) is 5.39. The lowest BCUT2D eigenvalue weighted by molar-refractivity contribution is 0.101. The van der Waals surface area contributed by atoms with E-state index in [-0.39, 0.29) is 5.91 Å². The number of carbonyl (C=O) groups excluding carboxylic acids is 1. The van der Waals surface area contributed by atoms with Gasteiger partial charge in [0, 0.05) is 18.1 Å². The molecule has 0 saturated carbocycles. The van der Waals surface area contributed by atoms with Gasteiger partial charge in [-0.15, -0.1) is 11.6 Å². The number of aryl methyl sites for hydroxylation is 3. The minimum atomic E-state index is -0.132. The molecule has 1 aromatic carbocycles. The quantitative estimate of drug-likeness (QED) is 0.828. The molecule has 0 atom stereocenters. The normalized spacial score (nSPS) is 10.6. The third-order valence-corrected chi connectivity index (χ3v) is 3.49. The molecule has 0 aliphatic rings. The van der Waals surface area contributed by atoms with Crippen molar-refractivity contribution in [2.24, 2.45) is 0 Å². The number of alkyl halides is 1. The van der Waals surface area contributed by atoms with E-state index in [1.165, 1.54) is 5.56 Å². The summed E-state index contributed by atoms with van der Waals surface area (Å²) in [6, 6.07) is 9.67. The van der Waals surface area contributed by atoms with Gasteiger partial charge in [0.05, 0.1) is 5.69 Å². The molecule has 0 bridgehead atoms. The van der Waals surface area contributed by atoms with E-state index >= 15 is 0 Å². The van der Waals surface area contributed by atoms with E-state index in [0.29, 0.717) is 18.1 Å². The summed E-state index contributed by atoms with van der Waals surface area (Å²) in [5, 5.41) is 7.22. The predicted octanol–water partition coefficient (Wildman–Crippen LogP) is 3.64. The van der Waals surface area contributed by atoms with E-state index in [1.54, 1.807) is 10.7 Å². The molecule has 0 spiro atoms. The van der Waals surface area contributed by atoms with Crippen LogP contribution in [-0.2, 0) is 13.0 Å². The van der Waals surface area contributed by atoms with Gasteiger partial charge in [-0.3, -0.25) is 9.48 Å². The summed E-state index contributed by atoms with van der Waals surface area (Å²) in [6.07, 6.45) is 1.85. The monoisotopic (exact) mass is 305 g/mol. The van der Waals surface area contributed by atoms with Gasteiger partial charge in [0.25, 0.3) is 5.91 Å². The lowest BCUT2D eigenvalue weighted by atomic mass is 10.1. The summed E-state index contributed by atoms with van der Waals surface area (Å²) in [5.74, 6) is 0.512. The summed E-state index contributed by atoms with van der Waals surface area (Å²) in [6.45, 7) is 4.53. The highest BCUT2D eigenvalue weighted by molar-refractivity contribution is 6.17. The fraction of sp³-hybridized carbons (Fsp3) is 0.375. The molecule has 0 fully saturated rings. The molecule has 1 N–H and O–H groups in total. The Hall–Kier alpha value is -1.81. The van der Waals surface area contributed by atoms with E-state index in [1.807, 2.05) is 38.1 Å². The first-order valence-electron chi connectivity index (χ1n) is 7.14. The smallest absolute Gasteiger partial charge is 0.273 e. The average Bonchev–Trinajstić information content (AvgIpc) is 2.87. The van der Waals surface area contributed by atoms with E-state index < -0.39 is 0 Å². The highest BCUT2D eigenvalue weighted by Crippen LogP contribution is 2.14. The number of nitrogens with one attached hydrogen (secondary N) is 1. The molecular formula is C16H20ClN3O. The average molecular weight is 306 g/mol. The van der Waals surface area contributed by atoms with Gasteiger partial charge in [0.2, 0.25) is 0 Å². The number of halogens is 1. The van der Waals surface area contributed by atoms with E-state index in [0.717, 1.165) is 24.2 Å². The summed E-state index contributed by atoms with van der Waals surface area (Å²) in [5.41, 5.74) is 3.40. The molecule has 1 aromatic heterocycles. The van der Waals surface area contributed by atoms with Crippen LogP contribution in [0.25, 0.3) is 0 Å². The molecule has 0 aliphatic carbocycles. The molecular weight excluding hydrogens is 286 g/mol. The first-order chi connectivity index (χ1) is 10.1. The van der Waals surface area contributed by atoms with Gasteiger partial charge >= 0.3 is 0 Å². The maximum absolute atomic E-state index is 12.3. The van der Waals surface area contributed by atoms with Crippen molar-refractivity contribution in [2.75, 3.05) is 11.2 Å². The molecule has 2 aromatic rings. The van der Waals surface area contributed by atoms with Gasteiger partial charge in [-0.2, -0.15) is 5.10 Å². The van der Waals surface area contributed by atoms with Crippen LogP contribution in [0.3, 0.4) is 0 Å². The second-order valence-corrected chi connectivity index (χ2v) is 5.31. The summed E-state index contributed by atoms with van der Waals surface area (Å²) >= 11 is 5.71. The fourth-order valence-electron chi connectivity index (χ4n) is 2.24. The molecule has 0 saturated heterocycles. The van der Waals surface area contributed by atoms with Crippen molar-refractivity contribution in [1.29, 1.82) is 0 Å². The van der Waals surface area contributed by atoms with Crippen LogP contribution in [0.2, 0.25) is 0 Å². The highest BCUT2D eigenvalue weighted by atomic mass is 35.5. The number of nitrogens with zero attached hydrogens (tertiary/aromatic N) is 2. The zero-order valence-electron chi connectivity index (χ0n) is 12.4. The van der Waals surface area contributed by atoms with Crippen LogP contribution in [0.1, 0.15) is 35.1 Å². The second-order valence-electron chi connectivity index (χ2n) is 4.93. The molecule has 0 unspecified atom stereocenters. The van der Waals surface area contributed by atoms with Gasteiger partial charge in [-0.1, -0.05) is 12.1 Å². The lowest BCUT2D eigenvalue weighted by Gasteiger charge is -2.08. The van der Waals surface area contributed by atoms with Crippen LogP contribution >= 0.6 is 11.6 Å². The molecule has 2 rings (SSSR count). The highest BCUT2D eigenvalue weighted by Gasteiger charge is 2.13. The molecule has 4 nitrogen and oxygen atoms in total. The molecule has 1 amide bonds. The first-order valence-corrected chi connectivity index (χ1v) is 7.68. The second kappa shape index (κ2) is 7.27. The maximum atomic E-state index is 12.3. The van der Waals surface area contributed by atoms with Gasteiger partial charge in [0.1, 0.15) is 5.69 Å². The Bertz CT molecular complexity index is 622. The predicted molar refractivity (Wildman–Crippen MR) is 86.1 cm³/mol. The van der Waals surface area contributed by atoms with Gasteiger partial charge in [-0.25, -0.2) is 0 Å². The number of amides is 1. The Labute approximate surface area is 130 Å². The van der Waals surface area contributed by atoms with Crippen molar-refractivity contribution in [3.63, 3.8) is 0 Å². The Morgan fingerprint density at radius 2 is 2.19 bits per heavy atom. The lowest BCUT2D eigenvalue weighted by Crippen LogP contribution is -2.17. The molecule has 112 valence electrons. The van der Waals surface area contributed by atoms with Crippen LogP contribution in [-0.4, -0.2) is 21.6 Å². The summed E-state index contributed by atoms with van der Waals surface area (Å²) in [4.78, 5) is 12.3. The largest absolute Gasteiger partial charge is 0.321 e. The number of anilines is 1. The number of carbonyl (C=O) groups is 1. The van der Waals surface area contributed by atoms with Gasteiger partial charge in [0.15, 0.2) is 0 Å². The van der Waals surface area contributed by atoms with Gasteiger partial charge in [-0.05, 0) is 50.5 Å². The number of rotatable bonds is 6. The standard InChI is InChI=1S/C16H20ClN3O/c1-3-20-15(10-12(2)19-20)16(21)18-14-8-4-6-13(11-14)7-5-9-17/h4,6,8,10-11H,3,5,7,9H2,1-2H3,(H,18,21). The van der Waals surface area contributed by atoms with Gasteiger partial charge < -0.3 is 5.32 Å². The summed E-state index contributed by atoms with van der Waals surface area (Å²) in [7, 11) is 0. The minimum absolute atomic E-state index is 0.132. The van der Waals surface area contributed by atoms with Crippen LogP contribution in [0.4, 0.5) is 5.69 Å². The third-order valence-electron chi connectivity index (χ3n) is 3.22. The van der Waals surface area contributed by atoms with Crippen molar-refractivity contribution < 1.29 is 4.79 Å². The number of aromatic nitrogens is 2. The van der Waals surface area contributed by atoms with Crippen LogP contribution in [0, 0.1) is 6.92 Å². The van der Waals surface area contributed by atoms with E-state index in [4.69, 9.17) is 11.6 Å². The Morgan fingerprint density at radius 3 is 2.90 bits per heavy atom. The van der Waals surface area contributed by atoms with Crippen LogP contribution in [0.15, 0.2) is 30.3 Å². The molecule has 0 radical (unpaired) electrons. The van der Waals surface area contributed by atoms with Crippen LogP contribution in [0.5, 0.6) is 0 Å². The molecule has 0 aliphatic heterocycles. The zero-order valence-corrected chi connectivity index (χ0v) is 13.2. The fourth-order valence-corrected chi connectivity index (χ4v) is 2.37. The van der Waals surface area contributed by atoms with Crippen molar-refractivity contribution in [2.45, 2.75) is 33.2 Å².